The van der Waals surface area contributed by atoms with Crippen LogP contribution in [-0.2, 0) is 10.0 Å². The Kier molecular flexibility index (Phi) is 5.20. The molecule has 0 spiro atoms. The van der Waals surface area contributed by atoms with E-state index in [4.69, 9.17) is 14.2 Å². The average Bonchev–Trinajstić information content (AvgIpc) is 2.88. The molecule has 8 nitrogen and oxygen atoms in total. The van der Waals surface area contributed by atoms with Gasteiger partial charge < -0.3 is 19.5 Å². The maximum Gasteiger partial charge on any atom is 0.265 e. The summed E-state index contributed by atoms with van der Waals surface area (Å²) in [5.74, 6) is 1.03. The Bertz CT molecular complexity index is 1290. The molecular weight excluding hydrogens is 420 g/mol. The van der Waals surface area contributed by atoms with Crippen molar-refractivity contribution in [3.63, 3.8) is 0 Å². The van der Waals surface area contributed by atoms with Crippen molar-refractivity contribution in [1.29, 1.82) is 0 Å². The number of methoxy groups -OCH3 is 2. The fraction of sp³-hybridized carbons (Fsp3) is 0.136. The molecule has 1 aliphatic rings. The zero-order valence-corrected chi connectivity index (χ0v) is 17.9. The number of benzene rings is 3. The van der Waals surface area contributed by atoms with Crippen LogP contribution < -0.4 is 24.2 Å². The molecule has 1 heterocycles. The molecule has 0 fully saturated rings. The number of amides is 1. The molecule has 1 amide bonds. The standard InChI is InChI=1S/C22H20N2O6S/c1-13-4-7-19-17(10-13)23-22(25)16-11-14(5-8-18(16)30-19)24-31(26,27)21-9-6-15(28-2)12-20(21)29-3/h4-12,24H,1-3H3,(H,23,25). The van der Waals surface area contributed by atoms with E-state index in [0.717, 1.165) is 5.56 Å². The van der Waals surface area contributed by atoms with Crippen LogP contribution in [0, 0.1) is 6.92 Å². The van der Waals surface area contributed by atoms with E-state index in [9.17, 15) is 13.2 Å². The first-order valence-corrected chi connectivity index (χ1v) is 10.8. The number of anilines is 2. The van der Waals surface area contributed by atoms with E-state index in [1.165, 1.54) is 44.6 Å². The van der Waals surface area contributed by atoms with Crippen molar-refractivity contribution in [1.82, 2.24) is 0 Å². The molecule has 0 aromatic heterocycles. The van der Waals surface area contributed by atoms with Crippen molar-refractivity contribution >= 4 is 27.3 Å². The minimum Gasteiger partial charge on any atom is -0.497 e. The molecule has 0 atom stereocenters. The minimum atomic E-state index is -4.00. The first kappa shape index (κ1) is 20.5. The summed E-state index contributed by atoms with van der Waals surface area (Å²) in [5.41, 5.74) is 1.93. The number of rotatable bonds is 5. The second-order valence-electron chi connectivity index (χ2n) is 6.89. The Labute approximate surface area is 179 Å². The van der Waals surface area contributed by atoms with E-state index in [0.29, 0.717) is 22.9 Å². The van der Waals surface area contributed by atoms with E-state index >= 15 is 0 Å². The highest BCUT2D eigenvalue weighted by Crippen LogP contribution is 2.37. The number of sulfonamides is 1. The predicted octanol–water partition coefficient (Wildman–Crippen LogP) is 4.17. The maximum absolute atomic E-state index is 13.0. The summed E-state index contributed by atoms with van der Waals surface area (Å²) in [5, 5.41) is 2.80. The fourth-order valence-electron chi connectivity index (χ4n) is 3.21. The summed E-state index contributed by atoms with van der Waals surface area (Å²) in [6.45, 7) is 1.91. The second-order valence-corrected chi connectivity index (χ2v) is 8.54. The number of hydrogen-bond donors (Lipinski definition) is 2. The predicted molar refractivity (Wildman–Crippen MR) is 116 cm³/mol. The molecule has 2 N–H and O–H groups in total. The third kappa shape index (κ3) is 3.99. The number of nitrogens with one attached hydrogen (secondary N) is 2. The number of carbonyl (C=O) groups excluding carboxylic acids is 1. The van der Waals surface area contributed by atoms with Gasteiger partial charge in [0.05, 0.1) is 25.5 Å². The average molecular weight is 440 g/mol. The zero-order chi connectivity index (χ0) is 22.2. The Hall–Kier alpha value is -3.72. The van der Waals surface area contributed by atoms with E-state index in [2.05, 4.69) is 10.0 Å². The molecule has 0 bridgehead atoms. The molecule has 0 saturated carbocycles. The minimum absolute atomic E-state index is 0.0608. The lowest BCUT2D eigenvalue weighted by Crippen LogP contribution is -2.15. The van der Waals surface area contributed by atoms with Crippen molar-refractivity contribution in [2.75, 3.05) is 24.3 Å². The van der Waals surface area contributed by atoms with Gasteiger partial charge in [-0.15, -0.1) is 0 Å². The van der Waals surface area contributed by atoms with Gasteiger partial charge in [0.25, 0.3) is 15.9 Å². The van der Waals surface area contributed by atoms with E-state index in [1.54, 1.807) is 18.2 Å². The largest absolute Gasteiger partial charge is 0.497 e. The fourth-order valence-corrected chi connectivity index (χ4v) is 4.41. The van der Waals surface area contributed by atoms with Crippen LogP contribution in [0.4, 0.5) is 11.4 Å². The van der Waals surface area contributed by atoms with Gasteiger partial charge in [0.1, 0.15) is 22.1 Å². The zero-order valence-electron chi connectivity index (χ0n) is 17.1. The number of carbonyl (C=O) groups is 1. The van der Waals surface area contributed by atoms with Gasteiger partial charge in [0, 0.05) is 11.8 Å². The Morgan fingerprint density at radius 2 is 1.71 bits per heavy atom. The molecule has 4 rings (SSSR count). The van der Waals surface area contributed by atoms with E-state index in [1.807, 2.05) is 13.0 Å². The van der Waals surface area contributed by atoms with Crippen LogP contribution in [0.5, 0.6) is 23.0 Å². The van der Waals surface area contributed by atoms with Crippen molar-refractivity contribution in [3.8, 4) is 23.0 Å². The topological polar surface area (TPSA) is 103 Å². The molecule has 160 valence electrons. The summed E-state index contributed by atoms with van der Waals surface area (Å²) < 4.78 is 44.6. The van der Waals surface area contributed by atoms with Gasteiger partial charge in [0.15, 0.2) is 5.75 Å². The van der Waals surface area contributed by atoms with Crippen molar-refractivity contribution in [2.45, 2.75) is 11.8 Å². The van der Waals surface area contributed by atoms with Gasteiger partial charge in [0.2, 0.25) is 0 Å². The molecule has 3 aromatic rings. The van der Waals surface area contributed by atoms with Crippen LogP contribution in [0.1, 0.15) is 15.9 Å². The highest BCUT2D eigenvalue weighted by molar-refractivity contribution is 7.92. The van der Waals surface area contributed by atoms with Crippen LogP contribution in [-0.4, -0.2) is 28.5 Å². The molecule has 0 radical (unpaired) electrons. The summed E-state index contributed by atoms with van der Waals surface area (Å²) >= 11 is 0. The number of fused-ring (bicyclic) bond motifs is 2. The van der Waals surface area contributed by atoms with Crippen LogP contribution in [0.3, 0.4) is 0 Å². The van der Waals surface area contributed by atoms with E-state index < -0.39 is 15.9 Å². The summed E-state index contributed by atoms with van der Waals surface area (Å²) in [6.07, 6.45) is 0. The Morgan fingerprint density at radius 1 is 0.935 bits per heavy atom. The first-order chi connectivity index (χ1) is 14.8. The van der Waals surface area contributed by atoms with Crippen LogP contribution in [0.2, 0.25) is 0 Å². The van der Waals surface area contributed by atoms with Crippen LogP contribution in [0.15, 0.2) is 59.5 Å². The van der Waals surface area contributed by atoms with Gasteiger partial charge in [-0.1, -0.05) is 6.07 Å². The molecule has 3 aromatic carbocycles. The Balaban J connectivity index is 1.67. The smallest absolute Gasteiger partial charge is 0.265 e. The first-order valence-electron chi connectivity index (χ1n) is 9.29. The van der Waals surface area contributed by atoms with Crippen LogP contribution in [0.25, 0.3) is 0 Å². The normalized spacial score (nSPS) is 12.5. The molecule has 0 unspecified atom stereocenters. The molecule has 9 heteroatoms. The quantitative estimate of drug-likeness (QED) is 0.617. The number of aryl methyl sites for hydroxylation is 1. The highest BCUT2D eigenvalue weighted by Gasteiger charge is 2.24. The van der Waals surface area contributed by atoms with Gasteiger partial charge in [-0.2, -0.15) is 0 Å². The van der Waals surface area contributed by atoms with Gasteiger partial charge in [-0.05, 0) is 55.0 Å². The molecular formula is C22H20N2O6S. The lowest BCUT2D eigenvalue weighted by Gasteiger charge is -2.14. The SMILES string of the molecule is COc1ccc(S(=O)(=O)Nc2ccc3c(c2)C(=O)Nc2cc(C)ccc2O3)c(OC)c1. The van der Waals surface area contributed by atoms with Crippen molar-refractivity contribution in [2.24, 2.45) is 0 Å². The summed E-state index contributed by atoms with van der Waals surface area (Å²) in [7, 11) is -1.15. The van der Waals surface area contributed by atoms with Gasteiger partial charge in [-0.25, -0.2) is 8.42 Å². The molecule has 1 aliphatic heterocycles. The van der Waals surface area contributed by atoms with Crippen molar-refractivity contribution < 1.29 is 27.4 Å². The van der Waals surface area contributed by atoms with Crippen molar-refractivity contribution in [3.05, 3.63) is 65.7 Å². The summed E-state index contributed by atoms with van der Waals surface area (Å²) in [4.78, 5) is 12.7. The van der Waals surface area contributed by atoms with E-state index in [-0.39, 0.29) is 21.9 Å². The second kappa shape index (κ2) is 7.84. The lowest BCUT2D eigenvalue weighted by atomic mass is 10.1. The summed E-state index contributed by atoms with van der Waals surface area (Å²) in [6, 6.07) is 14.3. The van der Waals surface area contributed by atoms with Gasteiger partial charge in [-0.3, -0.25) is 9.52 Å². The molecule has 31 heavy (non-hydrogen) atoms. The Morgan fingerprint density at radius 3 is 2.45 bits per heavy atom. The van der Waals surface area contributed by atoms with Crippen LogP contribution >= 0.6 is 0 Å². The monoisotopic (exact) mass is 440 g/mol. The third-order valence-electron chi connectivity index (χ3n) is 4.74. The van der Waals surface area contributed by atoms with Gasteiger partial charge >= 0.3 is 0 Å². The highest BCUT2D eigenvalue weighted by atomic mass is 32.2. The number of ether oxygens (including phenoxy) is 3. The molecule has 0 saturated heterocycles. The molecule has 0 aliphatic carbocycles. The third-order valence-corrected chi connectivity index (χ3v) is 6.16. The number of hydrogen-bond acceptors (Lipinski definition) is 6. The lowest BCUT2D eigenvalue weighted by molar-refractivity contribution is 0.102. The maximum atomic E-state index is 13.0.